The summed E-state index contributed by atoms with van der Waals surface area (Å²) >= 11 is 0. The van der Waals surface area contributed by atoms with Crippen molar-refractivity contribution in [3.05, 3.63) is 30.1 Å². The Bertz CT molecular complexity index is 581. The van der Waals surface area contributed by atoms with E-state index in [1.165, 1.54) is 13.2 Å². The minimum absolute atomic E-state index is 0.151. The van der Waals surface area contributed by atoms with E-state index < -0.39 is 0 Å². The molecule has 7 heteroatoms. The Morgan fingerprint density at radius 3 is 2.63 bits per heavy atom. The normalized spacial score (nSPS) is 12.4. The first kappa shape index (κ1) is 22.7. The summed E-state index contributed by atoms with van der Waals surface area (Å²) in [6.07, 6.45) is 4.12. The molecule has 0 radical (unpaired) electrons. The summed E-state index contributed by atoms with van der Waals surface area (Å²) < 4.78 is 23.8. The number of nitrogens with zero attached hydrogens (tertiary/aromatic N) is 1. The lowest BCUT2D eigenvalue weighted by atomic mass is 10.1. The number of benzene rings is 1. The van der Waals surface area contributed by atoms with Crippen LogP contribution in [-0.2, 0) is 9.53 Å². The number of halogens is 1. The van der Waals surface area contributed by atoms with Gasteiger partial charge in [-0.3, -0.25) is 4.79 Å². The average Bonchev–Trinajstić information content (AvgIpc) is 2.66. The number of methoxy groups -OCH3 is 1. The highest BCUT2D eigenvalue weighted by atomic mass is 19.1. The number of nitrogens with one attached hydrogen (secondary N) is 2. The lowest BCUT2D eigenvalue weighted by Gasteiger charge is -2.15. The van der Waals surface area contributed by atoms with E-state index in [2.05, 4.69) is 20.4 Å². The van der Waals surface area contributed by atoms with Crippen molar-refractivity contribution in [2.24, 2.45) is 4.99 Å². The van der Waals surface area contributed by atoms with Crippen molar-refractivity contribution >= 4 is 11.9 Å². The maximum atomic E-state index is 13.6. The summed E-state index contributed by atoms with van der Waals surface area (Å²) in [5.41, 5.74) is 0. The number of aliphatic imine (C=N–C) groups is 1. The molecule has 0 heterocycles. The van der Waals surface area contributed by atoms with Gasteiger partial charge in [0.15, 0.2) is 17.5 Å². The molecule has 1 atom stereocenters. The van der Waals surface area contributed by atoms with Gasteiger partial charge in [0, 0.05) is 19.5 Å². The van der Waals surface area contributed by atoms with Gasteiger partial charge in [0.05, 0.1) is 13.7 Å². The summed E-state index contributed by atoms with van der Waals surface area (Å²) in [5.74, 6) is 0.438. The fraction of sp³-hybridized carbons (Fsp3) is 0.600. The predicted octanol–water partition coefficient (Wildman–Crippen LogP) is 3.27. The van der Waals surface area contributed by atoms with Crippen LogP contribution in [0.1, 0.15) is 46.0 Å². The van der Waals surface area contributed by atoms with Crippen molar-refractivity contribution in [1.29, 1.82) is 0 Å². The molecule has 0 aliphatic heterocycles. The molecule has 6 nitrogen and oxygen atoms in total. The smallest absolute Gasteiger partial charge is 0.305 e. The molecule has 0 aromatic heterocycles. The number of para-hydroxylation sites is 1. The van der Waals surface area contributed by atoms with Crippen LogP contribution in [0.4, 0.5) is 4.39 Å². The predicted molar refractivity (Wildman–Crippen MR) is 106 cm³/mol. The SMILES string of the molecule is CCNC(=NCC(C)Oc1ccccc1F)NCCCCCCC(=O)OC. The Hall–Kier alpha value is -2.31. The fourth-order valence-electron chi connectivity index (χ4n) is 2.41. The van der Waals surface area contributed by atoms with Gasteiger partial charge in [-0.15, -0.1) is 0 Å². The summed E-state index contributed by atoms with van der Waals surface area (Å²) in [6.45, 7) is 5.84. The number of esters is 1. The summed E-state index contributed by atoms with van der Waals surface area (Å²) in [4.78, 5) is 15.5. The Morgan fingerprint density at radius 2 is 1.93 bits per heavy atom. The summed E-state index contributed by atoms with van der Waals surface area (Å²) in [7, 11) is 1.41. The minimum atomic E-state index is -0.370. The van der Waals surface area contributed by atoms with Crippen LogP contribution in [-0.4, -0.2) is 44.8 Å². The molecule has 0 aliphatic rings. The number of hydrogen-bond donors (Lipinski definition) is 2. The molecule has 27 heavy (non-hydrogen) atoms. The zero-order chi connectivity index (χ0) is 19.9. The van der Waals surface area contributed by atoms with E-state index in [9.17, 15) is 9.18 Å². The molecule has 2 N–H and O–H groups in total. The highest BCUT2D eigenvalue weighted by molar-refractivity contribution is 5.79. The van der Waals surface area contributed by atoms with E-state index in [-0.39, 0.29) is 23.6 Å². The topological polar surface area (TPSA) is 72.0 Å². The third-order valence-corrected chi connectivity index (χ3v) is 3.84. The molecule has 0 saturated carbocycles. The second kappa shape index (κ2) is 13.8. The Balaban J connectivity index is 2.28. The zero-order valence-corrected chi connectivity index (χ0v) is 16.6. The third kappa shape index (κ3) is 10.4. The number of rotatable bonds is 12. The van der Waals surface area contributed by atoms with Gasteiger partial charge in [0.2, 0.25) is 0 Å². The van der Waals surface area contributed by atoms with Crippen LogP contribution in [0.2, 0.25) is 0 Å². The van der Waals surface area contributed by atoms with E-state index in [4.69, 9.17) is 4.74 Å². The molecule has 0 amide bonds. The first-order valence-corrected chi connectivity index (χ1v) is 9.57. The second-order valence-electron chi connectivity index (χ2n) is 6.25. The van der Waals surface area contributed by atoms with E-state index >= 15 is 0 Å². The maximum absolute atomic E-state index is 13.6. The molecule has 1 rings (SSSR count). The van der Waals surface area contributed by atoms with Crippen molar-refractivity contribution in [3.63, 3.8) is 0 Å². The van der Waals surface area contributed by atoms with Crippen molar-refractivity contribution in [2.45, 2.75) is 52.1 Å². The van der Waals surface area contributed by atoms with Crippen molar-refractivity contribution in [1.82, 2.24) is 10.6 Å². The first-order valence-electron chi connectivity index (χ1n) is 9.57. The largest absolute Gasteiger partial charge is 0.486 e. The van der Waals surface area contributed by atoms with Gasteiger partial charge in [-0.1, -0.05) is 25.0 Å². The number of guanidine groups is 1. The van der Waals surface area contributed by atoms with Gasteiger partial charge in [-0.2, -0.15) is 0 Å². The maximum Gasteiger partial charge on any atom is 0.305 e. The standard InChI is InChI=1S/C20H32FN3O3/c1-4-22-20(23-14-10-6-5-7-13-19(25)26-3)24-15-16(2)27-18-12-9-8-11-17(18)21/h8-9,11-12,16H,4-7,10,13-15H2,1-3H3,(H2,22,23,24). The van der Waals surface area contributed by atoms with Crippen LogP contribution in [0, 0.1) is 5.82 Å². The lowest BCUT2D eigenvalue weighted by molar-refractivity contribution is -0.140. The van der Waals surface area contributed by atoms with E-state index in [1.54, 1.807) is 18.2 Å². The molecule has 0 bridgehead atoms. The molecule has 1 unspecified atom stereocenters. The highest BCUT2D eigenvalue weighted by Gasteiger charge is 2.08. The van der Waals surface area contributed by atoms with E-state index in [1.807, 2.05) is 13.8 Å². The number of unbranched alkanes of at least 4 members (excludes halogenated alkanes) is 3. The zero-order valence-electron chi connectivity index (χ0n) is 16.6. The molecule has 152 valence electrons. The van der Waals surface area contributed by atoms with Gasteiger partial charge < -0.3 is 20.1 Å². The van der Waals surface area contributed by atoms with Gasteiger partial charge in [0.1, 0.15) is 6.10 Å². The van der Waals surface area contributed by atoms with Crippen LogP contribution in [0.25, 0.3) is 0 Å². The molecule has 0 aliphatic carbocycles. The molecule has 1 aromatic carbocycles. The molecular weight excluding hydrogens is 349 g/mol. The molecule has 0 saturated heterocycles. The van der Waals surface area contributed by atoms with Crippen molar-refractivity contribution in [2.75, 3.05) is 26.7 Å². The summed E-state index contributed by atoms with van der Waals surface area (Å²) in [5, 5.41) is 6.47. The third-order valence-electron chi connectivity index (χ3n) is 3.84. The van der Waals surface area contributed by atoms with Gasteiger partial charge in [0.25, 0.3) is 0 Å². The second-order valence-corrected chi connectivity index (χ2v) is 6.25. The van der Waals surface area contributed by atoms with Crippen LogP contribution in [0.5, 0.6) is 5.75 Å². The Morgan fingerprint density at radius 1 is 1.19 bits per heavy atom. The van der Waals surface area contributed by atoms with Crippen LogP contribution in [0.15, 0.2) is 29.3 Å². The number of carbonyl (C=O) groups excluding carboxylic acids is 1. The van der Waals surface area contributed by atoms with Crippen molar-refractivity contribution < 1.29 is 18.7 Å². The number of hydrogen-bond acceptors (Lipinski definition) is 4. The van der Waals surface area contributed by atoms with E-state index in [0.29, 0.717) is 13.0 Å². The van der Waals surface area contributed by atoms with Gasteiger partial charge in [-0.05, 0) is 38.8 Å². The average molecular weight is 381 g/mol. The summed E-state index contributed by atoms with van der Waals surface area (Å²) in [6, 6.07) is 6.36. The molecular formula is C20H32FN3O3. The first-order chi connectivity index (χ1) is 13.1. The van der Waals surface area contributed by atoms with Gasteiger partial charge in [-0.25, -0.2) is 9.38 Å². The van der Waals surface area contributed by atoms with Gasteiger partial charge >= 0.3 is 5.97 Å². The highest BCUT2D eigenvalue weighted by Crippen LogP contribution is 2.16. The molecule has 0 fully saturated rings. The quantitative estimate of drug-likeness (QED) is 0.252. The minimum Gasteiger partial charge on any atom is -0.486 e. The molecule has 0 spiro atoms. The van der Waals surface area contributed by atoms with Crippen LogP contribution in [0.3, 0.4) is 0 Å². The monoisotopic (exact) mass is 381 g/mol. The Kier molecular flexibility index (Phi) is 11.6. The van der Waals surface area contributed by atoms with Crippen LogP contribution >= 0.6 is 0 Å². The van der Waals surface area contributed by atoms with Crippen molar-refractivity contribution in [3.8, 4) is 5.75 Å². The fourth-order valence-corrected chi connectivity index (χ4v) is 2.41. The number of carbonyl (C=O) groups is 1. The molecule has 1 aromatic rings. The number of ether oxygens (including phenoxy) is 2. The van der Waals surface area contributed by atoms with Crippen LogP contribution < -0.4 is 15.4 Å². The Labute approximate surface area is 161 Å². The van der Waals surface area contributed by atoms with E-state index in [0.717, 1.165) is 44.7 Å². The lowest BCUT2D eigenvalue weighted by Crippen LogP contribution is -2.38.